The van der Waals surface area contributed by atoms with Gasteiger partial charge < -0.3 is 25.1 Å². The minimum Gasteiger partial charge on any atom is -0.851 e. The van der Waals surface area contributed by atoms with E-state index >= 15 is 0 Å². The van der Waals surface area contributed by atoms with Crippen molar-refractivity contribution in [2.75, 3.05) is 58.9 Å². The van der Waals surface area contributed by atoms with Gasteiger partial charge in [0.1, 0.15) is 0 Å². The smallest absolute Gasteiger partial charge is 0.851 e. The molecule has 7 heteroatoms. The number of aliphatic hydroxyl groups is 1. The maximum Gasteiger partial charge on any atom is 3.00 e. The fraction of sp³-hybridized carbons (Fsp3) is 0.700. The first kappa shape index (κ1) is 24.5. The Morgan fingerprint density at radius 3 is 1.70 bits per heavy atom. The molecule has 0 amide bonds. The zero-order valence-electron chi connectivity index (χ0n) is 16.4. The van der Waals surface area contributed by atoms with Crippen LogP contribution in [0.1, 0.15) is 25.5 Å². The van der Waals surface area contributed by atoms with Crippen molar-refractivity contribution >= 4 is 0 Å². The normalized spacial score (nSPS) is 21.4. The molecule has 1 heterocycles. The molecule has 2 rings (SSSR count). The summed E-state index contributed by atoms with van der Waals surface area (Å²) in [6, 6.07) is 9.51. The summed E-state index contributed by atoms with van der Waals surface area (Å²) in [4.78, 5) is 6.62. The number of hydrogen-bond donors (Lipinski definition) is 1. The van der Waals surface area contributed by atoms with E-state index in [1.165, 1.54) is 0 Å². The first-order chi connectivity index (χ1) is 12.4. The van der Waals surface area contributed by atoms with E-state index in [0.717, 1.165) is 44.8 Å². The zero-order chi connectivity index (χ0) is 18.9. The van der Waals surface area contributed by atoms with Gasteiger partial charge >= 0.3 is 17.1 Å². The molecule has 153 valence electrons. The molecule has 1 aromatic carbocycles. The van der Waals surface area contributed by atoms with Crippen LogP contribution < -0.4 is 10.2 Å². The van der Waals surface area contributed by atoms with Crippen LogP contribution in [0.15, 0.2) is 30.3 Å². The van der Waals surface area contributed by atoms with Gasteiger partial charge in [0, 0.05) is 45.8 Å². The van der Waals surface area contributed by atoms with Crippen LogP contribution in [0, 0.1) is 0 Å². The maximum atomic E-state index is 12.6. The number of nitrogens with zero attached hydrogens (tertiary/aromatic N) is 3. The van der Waals surface area contributed by atoms with Crippen molar-refractivity contribution in [3.05, 3.63) is 35.9 Å². The third-order valence-corrected chi connectivity index (χ3v) is 4.83. The molecule has 1 fully saturated rings. The van der Waals surface area contributed by atoms with Crippen LogP contribution in [0.4, 0.5) is 0 Å². The summed E-state index contributed by atoms with van der Waals surface area (Å²) in [6.45, 7) is 9.99. The van der Waals surface area contributed by atoms with Crippen molar-refractivity contribution in [3.63, 3.8) is 0 Å². The van der Waals surface area contributed by atoms with Gasteiger partial charge in [-0.2, -0.15) is 0 Å². The van der Waals surface area contributed by atoms with Crippen LogP contribution in [0.25, 0.3) is 0 Å². The molecule has 1 aliphatic heterocycles. The second-order valence-electron chi connectivity index (χ2n) is 7.46. The molecule has 1 unspecified atom stereocenters. The summed E-state index contributed by atoms with van der Waals surface area (Å²) in [5.41, 5.74) is 0.818. The fourth-order valence-electron chi connectivity index (χ4n) is 3.48. The molecule has 1 aromatic rings. The van der Waals surface area contributed by atoms with E-state index in [-0.39, 0.29) is 23.2 Å². The van der Waals surface area contributed by atoms with E-state index in [2.05, 4.69) is 14.7 Å². The number of hydrogen-bond acceptors (Lipinski definition) is 6. The van der Waals surface area contributed by atoms with Gasteiger partial charge in [-0.1, -0.05) is 48.9 Å². The Bertz CT molecular complexity index is 483. The molecule has 3 atom stereocenters. The summed E-state index contributed by atoms with van der Waals surface area (Å²) >= 11 is 0. The molecule has 0 aliphatic carbocycles. The van der Waals surface area contributed by atoms with Crippen LogP contribution in [-0.2, 0) is 17.1 Å². The zero-order valence-corrected chi connectivity index (χ0v) is 17.5. The molecule has 1 N–H and O–H groups in total. The van der Waals surface area contributed by atoms with E-state index in [0.29, 0.717) is 19.6 Å². The molecule has 0 bridgehead atoms. The second kappa shape index (κ2) is 12.9. The van der Waals surface area contributed by atoms with E-state index in [1.54, 1.807) is 13.8 Å². The van der Waals surface area contributed by atoms with Gasteiger partial charge in [0.05, 0.1) is 6.10 Å². The van der Waals surface area contributed by atoms with E-state index in [4.69, 9.17) is 0 Å². The molecule has 6 nitrogen and oxygen atoms in total. The predicted octanol–water partition coefficient (Wildman–Crippen LogP) is -0.865. The Balaban J connectivity index is 0.00000364. The Labute approximate surface area is 174 Å². The van der Waals surface area contributed by atoms with E-state index in [9.17, 15) is 15.3 Å². The summed E-state index contributed by atoms with van der Waals surface area (Å²) in [5.74, 6) is 0. The van der Waals surface area contributed by atoms with Crippen LogP contribution >= 0.6 is 0 Å². The third-order valence-electron chi connectivity index (χ3n) is 4.83. The van der Waals surface area contributed by atoms with Crippen molar-refractivity contribution < 1.29 is 32.4 Å². The van der Waals surface area contributed by atoms with Gasteiger partial charge in [-0.05, 0) is 20.0 Å². The van der Waals surface area contributed by atoms with Gasteiger partial charge in [0.15, 0.2) is 0 Å². The maximum absolute atomic E-state index is 12.6. The largest absolute Gasteiger partial charge is 3.00 e. The molecule has 1 radical (unpaired) electrons. The molecule has 0 aromatic heterocycles. The third kappa shape index (κ3) is 9.50. The standard InChI is InChI=1S/C20H33N3O3.Fe/c1-17(24)14-21-8-9-22(15-18(2)25)11-13-23(12-10-21)16-20(26)19-6-4-3-5-7-19;/h3-7,17-18,20,24H,8-16H2,1-2H3;/q-2;+3/t17-,18-,20?;/m0./s1. The van der Waals surface area contributed by atoms with Crippen LogP contribution in [0.3, 0.4) is 0 Å². The Morgan fingerprint density at radius 2 is 1.26 bits per heavy atom. The molecule has 0 saturated carbocycles. The number of benzene rings is 1. The minimum absolute atomic E-state index is 0. The van der Waals surface area contributed by atoms with E-state index < -0.39 is 12.2 Å². The second-order valence-corrected chi connectivity index (χ2v) is 7.46. The average molecular weight is 419 g/mol. The van der Waals surface area contributed by atoms with Crippen molar-refractivity contribution in [2.45, 2.75) is 32.2 Å². The van der Waals surface area contributed by atoms with Gasteiger partial charge in [0.2, 0.25) is 0 Å². The summed E-state index contributed by atoms with van der Waals surface area (Å²) in [6.07, 6.45) is -1.77. The Hall–Kier alpha value is -0.501. The summed E-state index contributed by atoms with van der Waals surface area (Å²) in [7, 11) is 0. The predicted molar refractivity (Wildman–Crippen MR) is 99.6 cm³/mol. The average Bonchev–Trinajstić information content (AvgIpc) is 2.68. The SMILES string of the molecule is C[C@H]([O-])CN1CCN(CC([O-])c2ccccc2)CCN(C[C@H](C)O)CC1.[Fe+3]. The molecular weight excluding hydrogens is 386 g/mol. The van der Waals surface area contributed by atoms with Crippen molar-refractivity contribution in [3.8, 4) is 0 Å². The minimum atomic E-state index is -0.769. The first-order valence-corrected chi connectivity index (χ1v) is 9.65. The van der Waals surface area contributed by atoms with Crippen LogP contribution in [-0.4, -0.2) is 90.9 Å². The molecular formula is C20H33FeN3O3+. The molecule has 1 aliphatic rings. The summed E-state index contributed by atoms with van der Waals surface area (Å²) < 4.78 is 0. The molecule has 27 heavy (non-hydrogen) atoms. The Kier molecular flexibility index (Phi) is 11.7. The molecule has 0 spiro atoms. The Morgan fingerprint density at radius 1 is 0.815 bits per heavy atom. The van der Waals surface area contributed by atoms with Gasteiger partial charge in [0.25, 0.3) is 0 Å². The van der Waals surface area contributed by atoms with Crippen LogP contribution in [0.5, 0.6) is 0 Å². The number of rotatable bonds is 7. The monoisotopic (exact) mass is 419 g/mol. The van der Waals surface area contributed by atoms with Crippen molar-refractivity contribution in [2.24, 2.45) is 0 Å². The number of β-amino-alcohol motifs (C(OH)–C–C–N with tert-alkyl or cyclic N) is 1. The van der Waals surface area contributed by atoms with Gasteiger partial charge in [-0.25, -0.2) is 0 Å². The van der Waals surface area contributed by atoms with Crippen LogP contribution in [0.2, 0.25) is 0 Å². The van der Waals surface area contributed by atoms with Crippen molar-refractivity contribution in [1.82, 2.24) is 14.7 Å². The molecule has 1 saturated heterocycles. The van der Waals surface area contributed by atoms with Crippen molar-refractivity contribution in [1.29, 1.82) is 0 Å². The van der Waals surface area contributed by atoms with E-state index in [1.807, 2.05) is 30.3 Å². The van der Waals surface area contributed by atoms with Gasteiger partial charge in [-0.15, -0.1) is 6.10 Å². The first-order valence-electron chi connectivity index (χ1n) is 9.65. The topological polar surface area (TPSA) is 76.1 Å². The quantitative estimate of drug-likeness (QED) is 0.580. The number of aliphatic hydroxyl groups excluding tert-OH is 1. The van der Waals surface area contributed by atoms with Gasteiger partial charge in [-0.3, -0.25) is 4.90 Å². The summed E-state index contributed by atoms with van der Waals surface area (Å²) in [5, 5.41) is 34.0. The fourth-order valence-corrected chi connectivity index (χ4v) is 3.48.